The molecule has 1 aliphatic rings. The summed E-state index contributed by atoms with van der Waals surface area (Å²) in [5, 5.41) is 0. The van der Waals surface area contributed by atoms with Crippen LogP contribution >= 0.6 is 0 Å². The predicted octanol–water partition coefficient (Wildman–Crippen LogP) is 14.5. The molecule has 0 aliphatic carbocycles. The van der Waals surface area contributed by atoms with Gasteiger partial charge in [-0.05, 0) is 148 Å². The van der Waals surface area contributed by atoms with Crippen molar-refractivity contribution in [2.45, 2.75) is 196 Å². The molecule has 0 saturated heterocycles. The second-order valence-corrected chi connectivity index (χ2v) is 14.7. The molecule has 2 aromatic carbocycles. The Labute approximate surface area is 297 Å². The van der Waals surface area contributed by atoms with E-state index < -0.39 is 0 Å². The summed E-state index contributed by atoms with van der Waals surface area (Å²) in [5.74, 6) is 0. The van der Waals surface area contributed by atoms with Crippen LogP contribution < -0.4 is 0 Å². The van der Waals surface area contributed by atoms with Gasteiger partial charge in [-0.15, -0.1) is 0 Å². The number of rotatable bonds is 25. The number of hydrogen-bond donors (Lipinski definition) is 0. The molecule has 1 heterocycles. The van der Waals surface area contributed by atoms with Crippen LogP contribution in [0.2, 0.25) is 0 Å². The summed E-state index contributed by atoms with van der Waals surface area (Å²) < 4.78 is 1.61. The van der Waals surface area contributed by atoms with E-state index in [1.807, 2.05) is 0 Å². The Morgan fingerprint density at radius 3 is 1.19 bits per heavy atom. The first kappa shape index (κ1) is 40.0. The highest BCUT2D eigenvalue weighted by Gasteiger charge is 2.31. The Kier molecular flexibility index (Phi) is 18.5. The van der Waals surface area contributed by atoms with Crippen LogP contribution in [0.15, 0.2) is 35.9 Å². The maximum atomic E-state index is 12.3. The van der Waals surface area contributed by atoms with Gasteiger partial charge in [-0.25, -0.2) is 4.70 Å². The number of benzene rings is 2. The predicted molar refractivity (Wildman–Crippen MR) is 212 cm³/mol. The van der Waals surface area contributed by atoms with E-state index in [1.165, 1.54) is 155 Å². The Bertz CT molecular complexity index is 1280. The topological polar surface area (TPSA) is 25.3 Å². The fraction of sp³-hybridized carbons (Fsp3) is 0.652. The zero-order valence-electron chi connectivity index (χ0n) is 32.5. The van der Waals surface area contributed by atoms with Gasteiger partial charge in [-0.3, -0.25) is 0 Å². The molecule has 2 heteroatoms. The molecule has 0 radical (unpaired) electrons. The normalized spacial score (nSPS) is 13.2. The number of unbranched alkanes of at least 4 members (excludes halogenated alkanes) is 9. The highest BCUT2D eigenvalue weighted by molar-refractivity contribution is 5.79. The molecule has 2 nitrogen and oxygen atoms in total. The Hall–Kier alpha value is -2.48. The van der Waals surface area contributed by atoms with E-state index in [-0.39, 0.29) is 0 Å². The van der Waals surface area contributed by atoms with Crippen molar-refractivity contribution in [2.75, 3.05) is 0 Å². The SMILES string of the molecule is CCCCCCC1=C(c2cc(CCCC)c(CCCC)c(CCCC)c2)[N+](=[N-])C(c2cc(CCCC)c(CCCC)c(CCCC)c2)=C1. The zero-order chi connectivity index (χ0) is 34.7. The van der Waals surface area contributed by atoms with Crippen LogP contribution in [0.4, 0.5) is 0 Å². The minimum atomic E-state index is 0.980. The van der Waals surface area contributed by atoms with Gasteiger partial charge in [0.1, 0.15) is 0 Å². The van der Waals surface area contributed by atoms with Gasteiger partial charge in [0, 0.05) is 22.8 Å². The molecule has 0 amide bonds. The van der Waals surface area contributed by atoms with E-state index in [0.717, 1.165) is 43.5 Å². The molecule has 1 aliphatic heterocycles. The fourth-order valence-corrected chi connectivity index (χ4v) is 7.59. The average molecular weight is 653 g/mol. The molecule has 48 heavy (non-hydrogen) atoms. The van der Waals surface area contributed by atoms with E-state index >= 15 is 0 Å². The van der Waals surface area contributed by atoms with E-state index in [0.29, 0.717) is 0 Å². The molecule has 0 atom stereocenters. The van der Waals surface area contributed by atoms with Crippen molar-refractivity contribution in [2.24, 2.45) is 0 Å². The minimum Gasteiger partial charge on any atom is -0.493 e. The van der Waals surface area contributed by atoms with Crippen LogP contribution in [0.25, 0.3) is 16.9 Å². The van der Waals surface area contributed by atoms with E-state index in [2.05, 4.69) is 78.8 Å². The molecule has 3 rings (SSSR count). The van der Waals surface area contributed by atoms with Crippen LogP contribution in [0.3, 0.4) is 0 Å². The van der Waals surface area contributed by atoms with Gasteiger partial charge in [0.05, 0.1) is 0 Å². The van der Waals surface area contributed by atoms with Crippen molar-refractivity contribution in [1.29, 1.82) is 0 Å². The van der Waals surface area contributed by atoms with Gasteiger partial charge in [0.25, 0.3) is 0 Å². The van der Waals surface area contributed by atoms with Gasteiger partial charge < -0.3 is 5.53 Å². The van der Waals surface area contributed by atoms with Gasteiger partial charge >= 0.3 is 0 Å². The summed E-state index contributed by atoms with van der Waals surface area (Å²) >= 11 is 0. The third-order valence-corrected chi connectivity index (χ3v) is 10.6. The number of nitrogens with zero attached hydrogens (tertiary/aromatic N) is 2. The van der Waals surface area contributed by atoms with E-state index in [1.54, 1.807) is 15.8 Å². The highest BCUT2D eigenvalue weighted by Crippen LogP contribution is 2.40. The van der Waals surface area contributed by atoms with E-state index in [4.69, 9.17) is 0 Å². The molecular formula is C46H72N2. The fourth-order valence-electron chi connectivity index (χ4n) is 7.59. The second-order valence-electron chi connectivity index (χ2n) is 14.7. The molecular weight excluding hydrogens is 581 g/mol. The lowest BCUT2D eigenvalue weighted by atomic mass is 9.87. The first-order valence-electron chi connectivity index (χ1n) is 20.7. The summed E-state index contributed by atoms with van der Waals surface area (Å²) in [6.45, 7) is 16.1. The van der Waals surface area contributed by atoms with Gasteiger partial charge in [0.2, 0.25) is 11.4 Å². The Morgan fingerprint density at radius 2 is 0.792 bits per heavy atom. The molecule has 0 unspecified atom stereocenters. The van der Waals surface area contributed by atoms with Crippen molar-refractivity contribution >= 4 is 11.4 Å². The summed E-state index contributed by atoms with van der Waals surface area (Å²) in [6, 6.07) is 9.86. The van der Waals surface area contributed by atoms with Crippen molar-refractivity contribution in [3.05, 3.63) is 86.0 Å². The maximum Gasteiger partial charge on any atom is 0.210 e. The van der Waals surface area contributed by atoms with Crippen LogP contribution in [-0.2, 0) is 38.5 Å². The third kappa shape index (κ3) is 11.3. The van der Waals surface area contributed by atoms with Crippen LogP contribution in [0.5, 0.6) is 0 Å². The lowest BCUT2D eigenvalue weighted by molar-refractivity contribution is -0.344. The second kappa shape index (κ2) is 22.3. The maximum absolute atomic E-state index is 12.3. The monoisotopic (exact) mass is 653 g/mol. The quantitative estimate of drug-likeness (QED) is 0.0753. The first-order valence-corrected chi connectivity index (χ1v) is 20.7. The lowest BCUT2D eigenvalue weighted by Crippen LogP contribution is -2.09. The van der Waals surface area contributed by atoms with Gasteiger partial charge in [0.15, 0.2) is 0 Å². The first-order chi connectivity index (χ1) is 23.5. The summed E-state index contributed by atoms with van der Waals surface area (Å²) in [6.07, 6.45) is 29.8. The zero-order valence-corrected chi connectivity index (χ0v) is 32.5. The highest BCUT2D eigenvalue weighted by atomic mass is 15.2. The number of hydrogen-bond acceptors (Lipinski definition) is 0. The van der Waals surface area contributed by atoms with E-state index in [9.17, 15) is 5.53 Å². The third-order valence-electron chi connectivity index (χ3n) is 10.6. The molecule has 2 aromatic rings. The average Bonchev–Trinajstić information content (AvgIpc) is 3.43. The number of aryl methyl sites for hydroxylation is 4. The molecule has 0 aromatic heterocycles. The smallest absolute Gasteiger partial charge is 0.210 e. The Morgan fingerprint density at radius 1 is 0.417 bits per heavy atom. The minimum absolute atomic E-state index is 0.980. The largest absolute Gasteiger partial charge is 0.493 e. The van der Waals surface area contributed by atoms with Gasteiger partial charge in [-0.1, -0.05) is 106 Å². The lowest BCUT2D eigenvalue weighted by Gasteiger charge is -2.20. The molecule has 0 spiro atoms. The van der Waals surface area contributed by atoms with Crippen molar-refractivity contribution in [1.82, 2.24) is 0 Å². The summed E-state index contributed by atoms with van der Waals surface area (Å²) in [7, 11) is 0. The number of allylic oxidation sites excluding steroid dienone is 2. The summed E-state index contributed by atoms with van der Waals surface area (Å²) in [4.78, 5) is 0. The Balaban J connectivity index is 2.19. The van der Waals surface area contributed by atoms with Crippen LogP contribution in [-0.4, -0.2) is 4.70 Å². The molecule has 0 saturated carbocycles. The van der Waals surface area contributed by atoms with Crippen molar-refractivity contribution in [3.8, 4) is 0 Å². The molecule has 266 valence electrons. The van der Waals surface area contributed by atoms with Crippen molar-refractivity contribution < 1.29 is 4.70 Å². The van der Waals surface area contributed by atoms with Crippen molar-refractivity contribution in [3.63, 3.8) is 0 Å². The van der Waals surface area contributed by atoms with Gasteiger partial charge in [-0.2, -0.15) is 0 Å². The molecule has 0 fully saturated rings. The van der Waals surface area contributed by atoms with Crippen LogP contribution in [0, 0.1) is 0 Å². The summed E-state index contributed by atoms with van der Waals surface area (Å²) in [5.41, 5.74) is 27.4. The molecule has 0 bridgehead atoms. The standard InChI is InChI=1S/C46H72N2/c1-8-15-22-23-28-40-35-45(41-31-36(24-16-9-2)43(29-20-13-6)37(32-41)25-17-10-3)48(47)46(40)42-33-38(26-18-11-4)44(30-21-14-7)39(34-42)27-19-12-5/h31-35H,8-30H2,1-7H3. The molecule has 0 N–H and O–H groups in total. The van der Waals surface area contributed by atoms with Crippen LogP contribution in [0.1, 0.15) is 202 Å².